The second-order valence-corrected chi connectivity index (χ2v) is 6.80. The van der Waals surface area contributed by atoms with E-state index in [0.29, 0.717) is 25.1 Å². The lowest BCUT2D eigenvalue weighted by atomic mass is 9.98. The minimum absolute atomic E-state index is 0.0511. The molecule has 11 heteroatoms. The number of hydrogen-bond donors (Lipinski definition) is 2. The number of rotatable bonds is 8. The number of aliphatic hydroxyl groups is 1. The van der Waals surface area contributed by atoms with Gasteiger partial charge in [0.15, 0.2) is 0 Å². The molecule has 1 aromatic heterocycles. The van der Waals surface area contributed by atoms with Crippen molar-refractivity contribution in [2.45, 2.75) is 38.1 Å². The molecule has 1 fully saturated rings. The lowest BCUT2D eigenvalue weighted by molar-refractivity contribution is -0.384. The Hall–Kier alpha value is -3.34. The van der Waals surface area contributed by atoms with Gasteiger partial charge >= 0.3 is 5.69 Å². The van der Waals surface area contributed by atoms with Gasteiger partial charge in [0, 0.05) is 37.0 Å². The average Bonchev–Trinajstić information content (AvgIpc) is 2.72. The van der Waals surface area contributed by atoms with E-state index in [2.05, 4.69) is 15.3 Å². The number of non-ortho nitro benzene ring substituents is 1. The van der Waals surface area contributed by atoms with E-state index in [4.69, 9.17) is 5.11 Å². The molecule has 1 aromatic carbocycles. The van der Waals surface area contributed by atoms with E-state index in [1.165, 1.54) is 18.2 Å². The van der Waals surface area contributed by atoms with E-state index in [1.807, 2.05) is 4.90 Å². The van der Waals surface area contributed by atoms with E-state index < -0.39 is 9.85 Å². The van der Waals surface area contributed by atoms with Crippen molar-refractivity contribution in [2.24, 2.45) is 0 Å². The number of aromatic nitrogens is 2. The zero-order valence-corrected chi connectivity index (χ0v) is 15.7. The van der Waals surface area contributed by atoms with Gasteiger partial charge in [0.2, 0.25) is 11.8 Å². The predicted molar refractivity (Wildman–Crippen MR) is 106 cm³/mol. The van der Waals surface area contributed by atoms with Gasteiger partial charge in [-0.1, -0.05) is 6.07 Å². The Morgan fingerprint density at radius 1 is 1.24 bits per heavy atom. The summed E-state index contributed by atoms with van der Waals surface area (Å²) in [5, 5.41) is 34.5. The molecule has 1 aliphatic heterocycles. The van der Waals surface area contributed by atoms with Crippen LogP contribution >= 0.6 is 0 Å². The molecule has 1 saturated heterocycles. The quantitative estimate of drug-likeness (QED) is 0.501. The van der Waals surface area contributed by atoms with Gasteiger partial charge in [-0.3, -0.25) is 20.2 Å². The highest BCUT2D eigenvalue weighted by Gasteiger charge is 2.30. The van der Waals surface area contributed by atoms with Crippen molar-refractivity contribution in [1.29, 1.82) is 0 Å². The average molecular weight is 402 g/mol. The number of nitrogens with one attached hydrogen (secondary N) is 1. The molecule has 1 atom stereocenters. The van der Waals surface area contributed by atoms with Crippen LogP contribution in [0, 0.1) is 20.2 Å². The Morgan fingerprint density at radius 3 is 2.79 bits per heavy atom. The molecule has 2 aromatic rings. The first-order chi connectivity index (χ1) is 14.0. The highest BCUT2D eigenvalue weighted by Crippen LogP contribution is 2.33. The second-order valence-electron chi connectivity index (χ2n) is 6.80. The van der Waals surface area contributed by atoms with Crippen LogP contribution in [0.25, 0.3) is 0 Å². The van der Waals surface area contributed by atoms with Crippen LogP contribution in [0.4, 0.5) is 28.8 Å². The molecular formula is C18H22N6O5. The van der Waals surface area contributed by atoms with Crippen molar-refractivity contribution in [3.8, 4) is 0 Å². The number of nitro benzene ring substituents is 1. The summed E-state index contributed by atoms with van der Waals surface area (Å²) in [5.41, 5.74) is 0.136. The molecule has 3 rings (SSSR count). The monoisotopic (exact) mass is 402 g/mol. The maximum atomic E-state index is 11.5. The van der Waals surface area contributed by atoms with Gasteiger partial charge in [-0.2, -0.15) is 4.98 Å². The van der Waals surface area contributed by atoms with E-state index in [1.54, 1.807) is 6.07 Å². The third-order valence-electron chi connectivity index (χ3n) is 4.85. The number of anilines is 3. The molecule has 2 N–H and O–H groups in total. The largest absolute Gasteiger partial charge is 0.396 e. The van der Waals surface area contributed by atoms with Crippen LogP contribution in [-0.2, 0) is 0 Å². The fourth-order valence-electron chi connectivity index (χ4n) is 3.50. The Bertz CT molecular complexity index is 893. The fourth-order valence-corrected chi connectivity index (χ4v) is 3.50. The Labute approximate surface area is 166 Å². The molecular weight excluding hydrogens is 380 g/mol. The van der Waals surface area contributed by atoms with Crippen molar-refractivity contribution in [3.63, 3.8) is 0 Å². The molecule has 2 heterocycles. The van der Waals surface area contributed by atoms with Crippen LogP contribution in [0.2, 0.25) is 0 Å². The standard InChI is InChI=1S/C18H22N6O5/c25-10-4-8-14-6-1-2-9-22(14)17-16(24(28)29)12-19-18(21-17)20-13-5-3-7-15(11-13)23(26)27/h3,5,7,11-12,14,25H,1-2,4,6,8-10H2,(H,19,20,21). The Morgan fingerprint density at radius 2 is 2.07 bits per heavy atom. The zero-order chi connectivity index (χ0) is 20.8. The van der Waals surface area contributed by atoms with E-state index in [-0.39, 0.29) is 35.8 Å². The predicted octanol–water partition coefficient (Wildman–Crippen LogP) is 3.17. The normalized spacial score (nSPS) is 16.4. The number of nitro groups is 2. The first-order valence-electron chi connectivity index (χ1n) is 9.40. The van der Waals surface area contributed by atoms with E-state index in [9.17, 15) is 20.2 Å². The molecule has 0 bridgehead atoms. The van der Waals surface area contributed by atoms with Crippen LogP contribution < -0.4 is 10.2 Å². The van der Waals surface area contributed by atoms with Gasteiger partial charge in [0.05, 0.1) is 9.85 Å². The molecule has 0 aliphatic carbocycles. The smallest absolute Gasteiger partial charge is 0.329 e. The van der Waals surface area contributed by atoms with Crippen LogP contribution in [-0.4, -0.2) is 44.1 Å². The minimum Gasteiger partial charge on any atom is -0.396 e. The first-order valence-corrected chi connectivity index (χ1v) is 9.40. The number of piperidine rings is 1. The number of nitrogens with zero attached hydrogens (tertiary/aromatic N) is 5. The molecule has 1 aliphatic rings. The van der Waals surface area contributed by atoms with Gasteiger partial charge in [0.25, 0.3) is 5.69 Å². The maximum absolute atomic E-state index is 11.5. The molecule has 0 saturated carbocycles. The highest BCUT2D eigenvalue weighted by molar-refractivity contribution is 5.63. The SMILES string of the molecule is O=[N+]([O-])c1cccc(Nc2ncc([N+](=O)[O-])c(N3CCCCC3CCCO)n2)c1. The van der Waals surface area contributed by atoms with Gasteiger partial charge in [0.1, 0.15) is 6.20 Å². The topological polar surface area (TPSA) is 148 Å². The maximum Gasteiger partial charge on any atom is 0.329 e. The number of aliphatic hydroxyl groups excluding tert-OH is 1. The molecule has 0 spiro atoms. The van der Waals surface area contributed by atoms with Crippen molar-refractivity contribution in [2.75, 3.05) is 23.4 Å². The van der Waals surface area contributed by atoms with Gasteiger partial charge in [-0.15, -0.1) is 0 Å². The summed E-state index contributed by atoms with van der Waals surface area (Å²) in [6.45, 7) is 0.694. The highest BCUT2D eigenvalue weighted by atomic mass is 16.6. The molecule has 1 unspecified atom stereocenters. The zero-order valence-electron chi connectivity index (χ0n) is 15.7. The van der Waals surface area contributed by atoms with Crippen molar-refractivity contribution in [3.05, 3.63) is 50.7 Å². The summed E-state index contributed by atoms with van der Waals surface area (Å²) in [6.07, 6.45) is 5.26. The van der Waals surface area contributed by atoms with Gasteiger partial charge in [-0.25, -0.2) is 4.98 Å². The van der Waals surface area contributed by atoms with Crippen LogP contribution in [0.1, 0.15) is 32.1 Å². The molecule has 0 radical (unpaired) electrons. The van der Waals surface area contributed by atoms with Gasteiger partial charge < -0.3 is 15.3 Å². The van der Waals surface area contributed by atoms with Crippen LogP contribution in [0.3, 0.4) is 0 Å². The molecule has 11 nitrogen and oxygen atoms in total. The summed E-state index contributed by atoms with van der Waals surface area (Å²) < 4.78 is 0. The summed E-state index contributed by atoms with van der Waals surface area (Å²) in [4.78, 5) is 31.8. The summed E-state index contributed by atoms with van der Waals surface area (Å²) in [6, 6.07) is 5.92. The number of benzene rings is 1. The van der Waals surface area contributed by atoms with E-state index in [0.717, 1.165) is 25.5 Å². The molecule has 154 valence electrons. The van der Waals surface area contributed by atoms with Crippen molar-refractivity contribution in [1.82, 2.24) is 9.97 Å². The fraction of sp³-hybridized carbons (Fsp3) is 0.444. The van der Waals surface area contributed by atoms with Crippen LogP contribution in [0.5, 0.6) is 0 Å². The number of hydrogen-bond acceptors (Lipinski definition) is 9. The van der Waals surface area contributed by atoms with Crippen molar-refractivity contribution < 1.29 is 15.0 Å². The Kier molecular flexibility index (Phi) is 6.50. The summed E-state index contributed by atoms with van der Waals surface area (Å²) >= 11 is 0. The Balaban J connectivity index is 1.92. The second kappa shape index (κ2) is 9.24. The minimum atomic E-state index is -0.510. The molecule has 29 heavy (non-hydrogen) atoms. The third kappa shape index (κ3) is 4.93. The first kappa shape index (κ1) is 20.4. The van der Waals surface area contributed by atoms with Crippen LogP contribution in [0.15, 0.2) is 30.5 Å². The lowest BCUT2D eigenvalue weighted by Gasteiger charge is -2.36. The lowest BCUT2D eigenvalue weighted by Crippen LogP contribution is -2.40. The summed E-state index contributed by atoms with van der Waals surface area (Å²) in [7, 11) is 0. The van der Waals surface area contributed by atoms with Crippen molar-refractivity contribution >= 4 is 28.8 Å². The molecule has 0 amide bonds. The third-order valence-corrected chi connectivity index (χ3v) is 4.85. The summed E-state index contributed by atoms with van der Waals surface area (Å²) in [5.74, 6) is 0.346. The van der Waals surface area contributed by atoms with E-state index >= 15 is 0 Å². The van der Waals surface area contributed by atoms with Gasteiger partial charge in [-0.05, 0) is 38.2 Å².